The van der Waals surface area contributed by atoms with Gasteiger partial charge in [0.15, 0.2) is 0 Å². The number of carbonyl (C=O) groups excluding carboxylic acids is 1. The van der Waals surface area contributed by atoms with Crippen molar-refractivity contribution in [3.63, 3.8) is 0 Å². The molecule has 1 aromatic rings. The maximum Gasteiger partial charge on any atom is 0.253 e. The van der Waals surface area contributed by atoms with Crippen LogP contribution in [0.1, 0.15) is 30.1 Å². The highest BCUT2D eigenvalue weighted by Gasteiger charge is 2.14. The standard InChI is InChI=1S/C14H22N2O2/c1-3-4-10-16(11-9-15)14(17)12-5-7-13(18-2)8-6-12/h5-8H,3-4,9-11,15H2,1-2H3. The Labute approximate surface area is 109 Å². The average Bonchev–Trinajstić information content (AvgIpc) is 2.43. The topological polar surface area (TPSA) is 55.6 Å². The van der Waals surface area contributed by atoms with E-state index in [0.29, 0.717) is 18.7 Å². The van der Waals surface area contributed by atoms with Gasteiger partial charge in [-0.25, -0.2) is 0 Å². The van der Waals surface area contributed by atoms with Crippen LogP contribution in [0.25, 0.3) is 0 Å². The molecule has 0 aliphatic carbocycles. The zero-order chi connectivity index (χ0) is 13.4. The molecular weight excluding hydrogens is 228 g/mol. The molecule has 18 heavy (non-hydrogen) atoms. The first-order chi connectivity index (χ1) is 8.72. The lowest BCUT2D eigenvalue weighted by Gasteiger charge is -2.22. The predicted octanol–water partition coefficient (Wildman–Crippen LogP) is 1.90. The summed E-state index contributed by atoms with van der Waals surface area (Å²) in [6, 6.07) is 7.18. The number of unbranched alkanes of at least 4 members (excludes halogenated alkanes) is 1. The SMILES string of the molecule is CCCCN(CCN)C(=O)c1ccc(OC)cc1. The molecule has 0 aliphatic rings. The molecule has 100 valence electrons. The van der Waals surface area contributed by atoms with E-state index in [1.54, 1.807) is 31.4 Å². The molecule has 0 spiro atoms. The van der Waals surface area contributed by atoms with Crippen LogP contribution in [0.4, 0.5) is 0 Å². The van der Waals surface area contributed by atoms with Crippen LogP contribution >= 0.6 is 0 Å². The van der Waals surface area contributed by atoms with E-state index in [9.17, 15) is 4.79 Å². The van der Waals surface area contributed by atoms with Gasteiger partial charge in [-0.1, -0.05) is 13.3 Å². The molecule has 0 aliphatic heterocycles. The molecule has 4 nitrogen and oxygen atoms in total. The van der Waals surface area contributed by atoms with Crippen molar-refractivity contribution in [3.8, 4) is 5.75 Å². The molecule has 0 saturated heterocycles. The monoisotopic (exact) mass is 250 g/mol. The molecular formula is C14H22N2O2. The first kappa shape index (κ1) is 14.5. The van der Waals surface area contributed by atoms with Crippen molar-refractivity contribution in [2.24, 2.45) is 5.73 Å². The predicted molar refractivity (Wildman–Crippen MR) is 72.9 cm³/mol. The van der Waals surface area contributed by atoms with Crippen molar-refractivity contribution in [2.75, 3.05) is 26.7 Å². The van der Waals surface area contributed by atoms with Crippen molar-refractivity contribution >= 4 is 5.91 Å². The smallest absolute Gasteiger partial charge is 0.253 e. The van der Waals surface area contributed by atoms with Gasteiger partial charge in [0, 0.05) is 25.2 Å². The van der Waals surface area contributed by atoms with Gasteiger partial charge in [-0.15, -0.1) is 0 Å². The van der Waals surface area contributed by atoms with Crippen LogP contribution in [0.5, 0.6) is 5.75 Å². The molecule has 0 aromatic heterocycles. The molecule has 0 bridgehead atoms. The van der Waals surface area contributed by atoms with E-state index < -0.39 is 0 Å². The fourth-order valence-electron chi connectivity index (χ4n) is 1.74. The quantitative estimate of drug-likeness (QED) is 0.804. The third-order valence-electron chi connectivity index (χ3n) is 2.80. The van der Waals surface area contributed by atoms with Crippen LogP contribution in [-0.4, -0.2) is 37.6 Å². The molecule has 1 amide bonds. The van der Waals surface area contributed by atoms with Gasteiger partial charge in [0.05, 0.1) is 7.11 Å². The van der Waals surface area contributed by atoms with Gasteiger partial charge in [-0.2, -0.15) is 0 Å². The van der Waals surface area contributed by atoms with Crippen molar-refractivity contribution in [1.29, 1.82) is 0 Å². The van der Waals surface area contributed by atoms with E-state index >= 15 is 0 Å². The Morgan fingerprint density at radius 2 is 1.94 bits per heavy atom. The van der Waals surface area contributed by atoms with Crippen LogP contribution in [0.3, 0.4) is 0 Å². The van der Waals surface area contributed by atoms with E-state index in [-0.39, 0.29) is 5.91 Å². The average molecular weight is 250 g/mol. The van der Waals surface area contributed by atoms with Gasteiger partial charge in [-0.3, -0.25) is 4.79 Å². The molecule has 0 heterocycles. The van der Waals surface area contributed by atoms with Gasteiger partial charge < -0.3 is 15.4 Å². The van der Waals surface area contributed by atoms with Gasteiger partial charge in [0.1, 0.15) is 5.75 Å². The van der Waals surface area contributed by atoms with Crippen molar-refractivity contribution in [1.82, 2.24) is 4.90 Å². The Morgan fingerprint density at radius 1 is 1.28 bits per heavy atom. The van der Waals surface area contributed by atoms with Gasteiger partial charge in [-0.05, 0) is 30.7 Å². The molecule has 0 fully saturated rings. The molecule has 0 atom stereocenters. The summed E-state index contributed by atoms with van der Waals surface area (Å²) >= 11 is 0. The summed E-state index contributed by atoms with van der Waals surface area (Å²) in [6.45, 7) is 3.97. The summed E-state index contributed by atoms with van der Waals surface area (Å²) in [5.74, 6) is 0.794. The molecule has 2 N–H and O–H groups in total. The van der Waals surface area contributed by atoms with E-state index in [0.717, 1.165) is 25.1 Å². The Balaban J connectivity index is 2.73. The maximum atomic E-state index is 12.3. The lowest BCUT2D eigenvalue weighted by atomic mass is 10.2. The first-order valence-electron chi connectivity index (χ1n) is 6.36. The molecule has 0 radical (unpaired) electrons. The van der Waals surface area contributed by atoms with Crippen LogP contribution in [0.15, 0.2) is 24.3 Å². The lowest BCUT2D eigenvalue weighted by Crippen LogP contribution is -2.36. The molecule has 0 unspecified atom stereocenters. The summed E-state index contributed by atoms with van der Waals surface area (Å²) < 4.78 is 5.08. The number of rotatable bonds is 7. The molecule has 1 aromatic carbocycles. The lowest BCUT2D eigenvalue weighted by molar-refractivity contribution is 0.0758. The highest BCUT2D eigenvalue weighted by molar-refractivity contribution is 5.94. The fourth-order valence-corrected chi connectivity index (χ4v) is 1.74. The van der Waals surface area contributed by atoms with E-state index in [1.807, 2.05) is 4.90 Å². The number of hydrogen-bond donors (Lipinski definition) is 1. The molecule has 4 heteroatoms. The summed E-state index contributed by atoms with van der Waals surface area (Å²) in [6.07, 6.45) is 2.07. The van der Waals surface area contributed by atoms with Gasteiger partial charge in [0.25, 0.3) is 5.91 Å². The minimum Gasteiger partial charge on any atom is -0.497 e. The van der Waals surface area contributed by atoms with Crippen LogP contribution in [0, 0.1) is 0 Å². The van der Waals surface area contributed by atoms with Gasteiger partial charge >= 0.3 is 0 Å². The first-order valence-corrected chi connectivity index (χ1v) is 6.36. The summed E-state index contributed by atoms with van der Waals surface area (Å²) in [5, 5.41) is 0. The third-order valence-corrected chi connectivity index (χ3v) is 2.80. The minimum atomic E-state index is 0.0385. The number of methoxy groups -OCH3 is 1. The number of ether oxygens (including phenoxy) is 1. The second kappa shape index (κ2) is 7.71. The van der Waals surface area contributed by atoms with Crippen LogP contribution in [0.2, 0.25) is 0 Å². The number of carbonyl (C=O) groups is 1. The number of nitrogens with zero attached hydrogens (tertiary/aromatic N) is 1. The maximum absolute atomic E-state index is 12.3. The summed E-state index contributed by atoms with van der Waals surface area (Å²) in [4.78, 5) is 14.1. The zero-order valence-corrected chi connectivity index (χ0v) is 11.2. The van der Waals surface area contributed by atoms with Crippen molar-refractivity contribution in [3.05, 3.63) is 29.8 Å². The van der Waals surface area contributed by atoms with Crippen molar-refractivity contribution < 1.29 is 9.53 Å². The number of nitrogens with two attached hydrogens (primary N) is 1. The van der Waals surface area contributed by atoms with E-state index in [2.05, 4.69) is 6.92 Å². The number of amides is 1. The second-order valence-corrected chi connectivity index (χ2v) is 4.16. The van der Waals surface area contributed by atoms with E-state index in [4.69, 9.17) is 10.5 Å². The van der Waals surface area contributed by atoms with Crippen molar-refractivity contribution in [2.45, 2.75) is 19.8 Å². The number of benzene rings is 1. The Bertz CT molecular complexity index is 363. The van der Waals surface area contributed by atoms with Gasteiger partial charge in [0.2, 0.25) is 0 Å². The van der Waals surface area contributed by atoms with Crippen LogP contribution < -0.4 is 10.5 Å². The second-order valence-electron chi connectivity index (χ2n) is 4.16. The third kappa shape index (κ3) is 4.04. The Hall–Kier alpha value is -1.55. The molecule has 0 saturated carbocycles. The normalized spacial score (nSPS) is 10.2. The Morgan fingerprint density at radius 3 is 2.44 bits per heavy atom. The van der Waals surface area contributed by atoms with E-state index in [1.165, 1.54) is 0 Å². The summed E-state index contributed by atoms with van der Waals surface area (Å²) in [7, 11) is 1.61. The highest BCUT2D eigenvalue weighted by atomic mass is 16.5. The van der Waals surface area contributed by atoms with Crippen LogP contribution in [-0.2, 0) is 0 Å². The minimum absolute atomic E-state index is 0.0385. The summed E-state index contributed by atoms with van der Waals surface area (Å²) in [5.41, 5.74) is 6.23. The highest BCUT2D eigenvalue weighted by Crippen LogP contribution is 2.13. The molecule has 1 rings (SSSR count). The Kier molecular flexibility index (Phi) is 6.22. The zero-order valence-electron chi connectivity index (χ0n) is 11.2. The number of hydrogen-bond acceptors (Lipinski definition) is 3. The fraction of sp³-hybridized carbons (Fsp3) is 0.500. The largest absolute Gasteiger partial charge is 0.497 e.